The highest BCUT2D eigenvalue weighted by Gasteiger charge is 2.07. The van der Waals surface area contributed by atoms with Crippen LogP contribution in [0.4, 0.5) is 0 Å². The number of thioether (sulfide) groups is 3. The van der Waals surface area contributed by atoms with Gasteiger partial charge in [-0.2, -0.15) is 15.0 Å². The molecule has 0 aliphatic carbocycles. The number of aromatic nitrogens is 3. The quantitative estimate of drug-likeness (QED) is 0.630. The molecule has 3 nitrogen and oxygen atoms in total. The summed E-state index contributed by atoms with van der Waals surface area (Å²) in [6.07, 6.45) is 3.43. The van der Waals surface area contributed by atoms with Crippen molar-refractivity contribution in [2.75, 3.05) is 17.3 Å². The summed E-state index contributed by atoms with van der Waals surface area (Å²) in [5.74, 6) is 3.21. The first-order valence-corrected chi connectivity index (χ1v) is 9.40. The fourth-order valence-electron chi connectivity index (χ4n) is 1.09. The minimum Gasteiger partial charge on any atom is -0.196 e. The summed E-state index contributed by atoms with van der Waals surface area (Å²) in [4.78, 5) is 13.5. The molecule has 1 aromatic rings. The second-order valence-corrected chi connectivity index (χ2v) is 6.91. The summed E-state index contributed by atoms with van der Waals surface area (Å²) in [5, 5.41) is 2.64. The highest BCUT2D eigenvalue weighted by atomic mass is 32.2. The maximum Gasteiger partial charge on any atom is 0.192 e. The average Bonchev–Trinajstić information content (AvgIpc) is 2.40. The molecule has 18 heavy (non-hydrogen) atoms. The van der Waals surface area contributed by atoms with Gasteiger partial charge in [0.25, 0.3) is 0 Å². The van der Waals surface area contributed by atoms with Crippen LogP contribution in [0.2, 0.25) is 0 Å². The molecule has 0 bridgehead atoms. The smallest absolute Gasteiger partial charge is 0.192 e. The predicted octanol–water partition coefficient (Wildman–Crippen LogP) is 4.38. The molecule has 0 atom stereocenters. The van der Waals surface area contributed by atoms with E-state index < -0.39 is 0 Å². The molecule has 0 aliphatic rings. The van der Waals surface area contributed by atoms with Gasteiger partial charge in [-0.05, 0) is 19.3 Å². The molecular weight excluding hydrogens is 282 g/mol. The molecular formula is C12H21N3S3. The van der Waals surface area contributed by atoms with Crippen molar-refractivity contribution in [1.82, 2.24) is 15.0 Å². The van der Waals surface area contributed by atoms with Crippen LogP contribution >= 0.6 is 35.3 Å². The van der Waals surface area contributed by atoms with Crippen molar-refractivity contribution in [3.8, 4) is 0 Å². The lowest BCUT2D eigenvalue weighted by Crippen LogP contribution is -1.98. The molecule has 0 radical (unpaired) electrons. The molecule has 0 fully saturated rings. The van der Waals surface area contributed by atoms with Crippen LogP contribution in [0.25, 0.3) is 0 Å². The second-order valence-electron chi connectivity index (χ2n) is 3.73. The zero-order chi connectivity index (χ0) is 13.2. The fourth-order valence-corrected chi connectivity index (χ4v) is 3.33. The van der Waals surface area contributed by atoms with Gasteiger partial charge >= 0.3 is 0 Å². The van der Waals surface area contributed by atoms with Gasteiger partial charge in [0.2, 0.25) is 0 Å². The minimum absolute atomic E-state index is 0.879. The highest BCUT2D eigenvalue weighted by molar-refractivity contribution is 8.00. The third-order valence-electron chi connectivity index (χ3n) is 1.88. The van der Waals surface area contributed by atoms with Gasteiger partial charge in [0.1, 0.15) is 0 Å². The molecule has 0 aromatic carbocycles. The molecule has 0 saturated carbocycles. The molecule has 1 aromatic heterocycles. The van der Waals surface area contributed by atoms with E-state index in [1.807, 2.05) is 0 Å². The highest BCUT2D eigenvalue weighted by Crippen LogP contribution is 2.23. The number of hydrogen-bond acceptors (Lipinski definition) is 6. The van der Waals surface area contributed by atoms with Gasteiger partial charge in [-0.3, -0.25) is 0 Å². The SMILES string of the molecule is CCCSc1nc(SCCC)nc(SCCC)n1. The van der Waals surface area contributed by atoms with Crippen LogP contribution in [-0.4, -0.2) is 32.2 Å². The lowest BCUT2D eigenvalue weighted by Gasteiger charge is -2.05. The Morgan fingerprint density at radius 1 is 0.611 bits per heavy atom. The van der Waals surface area contributed by atoms with Crippen molar-refractivity contribution in [3.05, 3.63) is 0 Å². The van der Waals surface area contributed by atoms with Gasteiger partial charge in [0, 0.05) is 17.3 Å². The lowest BCUT2D eigenvalue weighted by atomic mass is 10.6. The van der Waals surface area contributed by atoms with E-state index in [4.69, 9.17) is 0 Å². The van der Waals surface area contributed by atoms with Crippen LogP contribution in [-0.2, 0) is 0 Å². The van der Waals surface area contributed by atoms with Crippen LogP contribution in [0.1, 0.15) is 40.0 Å². The van der Waals surface area contributed by atoms with Crippen LogP contribution < -0.4 is 0 Å². The first-order chi connectivity index (χ1) is 8.80. The average molecular weight is 304 g/mol. The van der Waals surface area contributed by atoms with E-state index in [1.54, 1.807) is 35.3 Å². The van der Waals surface area contributed by atoms with E-state index in [-0.39, 0.29) is 0 Å². The zero-order valence-corrected chi connectivity index (χ0v) is 13.8. The Hall–Kier alpha value is 0.0600. The Balaban J connectivity index is 2.74. The Kier molecular flexibility index (Phi) is 8.88. The summed E-state index contributed by atoms with van der Waals surface area (Å²) < 4.78 is 0. The molecule has 0 N–H and O–H groups in total. The summed E-state index contributed by atoms with van der Waals surface area (Å²) in [6, 6.07) is 0. The van der Waals surface area contributed by atoms with Crippen LogP contribution in [0, 0.1) is 0 Å². The summed E-state index contributed by atoms with van der Waals surface area (Å²) in [6.45, 7) is 6.52. The largest absolute Gasteiger partial charge is 0.196 e. The fraction of sp³-hybridized carbons (Fsp3) is 0.750. The zero-order valence-electron chi connectivity index (χ0n) is 11.3. The number of nitrogens with zero attached hydrogens (tertiary/aromatic N) is 3. The van der Waals surface area contributed by atoms with E-state index >= 15 is 0 Å². The van der Waals surface area contributed by atoms with Gasteiger partial charge in [0.05, 0.1) is 0 Å². The van der Waals surface area contributed by atoms with E-state index in [2.05, 4.69) is 35.7 Å². The van der Waals surface area contributed by atoms with E-state index in [0.717, 1.165) is 52.0 Å². The van der Waals surface area contributed by atoms with Gasteiger partial charge < -0.3 is 0 Å². The van der Waals surface area contributed by atoms with Crippen molar-refractivity contribution in [2.24, 2.45) is 0 Å². The maximum atomic E-state index is 4.51. The van der Waals surface area contributed by atoms with Crippen molar-refractivity contribution in [1.29, 1.82) is 0 Å². The lowest BCUT2D eigenvalue weighted by molar-refractivity contribution is 0.716. The van der Waals surface area contributed by atoms with Crippen molar-refractivity contribution in [3.63, 3.8) is 0 Å². The van der Waals surface area contributed by atoms with E-state index in [1.165, 1.54) is 0 Å². The van der Waals surface area contributed by atoms with Crippen LogP contribution in [0.15, 0.2) is 15.5 Å². The molecule has 1 heterocycles. The molecule has 6 heteroatoms. The van der Waals surface area contributed by atoms with Gasteiger partial charge in [-0.15, -0.1) is 0 Å². The second kappa shape index (κ2) is 9.92. The Bertz CT molecular complexity index is 283. The molecule has 1 rings (SSSR count). The molecule has 0 spiro atoms. The normalized spacial score (nSPS) is 10.8. The van der Waals surface area contributed by atoms with Gasteiger partial charge in [0.15, 0.2) is 15.5 Å². The summed E-state index contributed by atoms with van der Waals surface area (Å²) in [5.41, 5.74) is 0. The molecule has 0 aliphatic heterocycles. The summed E-state index contributed by atoms with van der Waals surface area (Å²) >= 11 is 5.18. The minimum atomic E-state index is 0.879. The van der Waals surface area contributed by atoms with Crippen LogP contribution in [0.3, 0.4) is 0 Å². The number of hydrogen-bond donors (Lipinski definition) is 0. The first kappa shape index (κ1) is 16.1. The van der Waals surface area contributed by atoms with E-state index in [9.17, 15) is 0 Å². The molecule has 0 amide bonds. The van der Waals surface area contributed by atoms with E-state index in [0.29, 0.717) is 0 Å². The Labute approximate surface area is 123 Å². The number of rotatable bonds is 9. The summed E-state index contributed by atoms with van der Waals surface area (Å²) in [7, 11) is 0. The Morgan fingerprint density at radius 3 is 1.11 bits per heavy atom. The van der Waals surface area contributed by atoms with Gasteiger partial charge in [-0.25, -0.2) is 0 Å². The van der Waals surface area contributed by atoms with Crippen molar-refractivity contribution >= 4 is 35.3 Å². The first-order valence-electron chi connectivity index (χ1n) is 6.44. The molecule has 102 valence electrons. The van der Waals surface area contributed by atoms with Gasteiger partial charge in [-0.1, -0.05) is 56.1 Å². The predicted molar refractivity (Wildman–Crippen MR) is 82.9 cm³/mol. The topological polar surface area (TPSA) is 38.7 Å². The molecule has 0 unspecified atom stereocenters. The third kappa shape index (κ3) is 6.29. The molecule has 0 saturated heterocycles. The Morgan fingerprint density at radius 2 is 0.889 bits per heavy atom. The van der Waals surface area contributed by atoms with Crippen LogP contribution in [0.5, 0.6) is 0 Å². The van der Waals surface area contributed by atoms with Crippen molar-refractivity contribution < 1.29 is 0 Å². The monoisotopic (exact) mass is 303 g/mol. The standard InChI is InChI=1S/C12H21N3S3/c1-4-7-16-10-13-11(17-8-5-2)15-12(14-10)18-9-6-3/h4-9H2,1-3H3. The maximum absolute atomic E-state index is 4.51. The van der Waals surface area contributed by atoms with Crippen molar-refractivity contribution in [2.45, 2.75) is 55.5 Å². The third-order valence-corrected chi connectivity index (χ3v) is 5.04.